The first-order chi connectivity index (χ1) is 9.10. The van der Waals surface area contributed by atoms with Gasteiger partial charge < -0.3 is 9.47 Å². The molecule has 4 nitrogen and oxygen atoms in total. The first kappa shape index (κ1) is 16.0. The van der Waals surface area contributed by atoms with Crippen molar-refractivity contribution in [3.8, 4) is 0 Å². The molecule has 0 aliphatic carbocycles. The standard InChI is InChI=1S/C14H23FN2O2/c1-10-8-11(2)14(12(15)9-10)13(17-16)4-5-19-7-6-18-3/h8-9,13,17H,4-7,16H2,1-3H3. The molecular weight excluding hydrogens is 247 g/mol. The highest BCUT2D eigenvalue weighted by Crippen LogP contribution is 2.24. The highest BCUT2D eigenvalue weighted by molar-refractivity contribution is 5.34. The number of nitrogens with one attached hydrogen (secondary N) is 1. The Morgan fingerprint density at radius 1 is 1.26 bits per heavy atom. The van der Waals surface area contributed by atoms with Crippen LogP contribution >= 0.6 is 0 Å². The predicted molar refractivity (Wildman–Crippen MR) is 73.3 cm³/mol. The first-order valence-corrected chi connectivity index (χ1v) is 6.39. The van der Waals surface area contributed by atoms with E-state index < -0.39 is 0 Å². The average molecular weight is 270 g/mol. The molecule has 0 aliphatic rings. The zero-order chi connectivity index (χ0) is 14.3. The van der Waals surface area contributed by atoms with Crippen LogP contribution in [0.15, 0.2) is 12.1 Å². The minimum atomic E-state index is -0.247. The minimum Gasteiger partial charge on any atom is -0.382 e. The van der Waals surface area contributed by atoms with Crippen molar-refractivity contribution >= 4 is 0 Å². The van der Waals surface area contributed by atoms with Crippen molar-refractivity contribution in [3.05, 3.63) is 34.6 Å². The number of benzene rings is 1. The van der Waals surface area contributed by atoms with Gasteiger partial charge in [-0.3, -0.25) is 11.3 Å². The first-order valence-electron chi connectivity index (χ1n) is 6.39. The fourth-order valence-corrected chi connectivity index (χ4v) is 2.12. The molecule has 0 saturated heterocycles. The largest absolute Gasteiger partial charge is 0.382 e. The van der Waals surface area contributed by atoms with E-state index in [9.17, 15) is 4.39 Å². The summed E-state index contributed by atoms with van der Waals surface area (Å²) in [5, 5.41) is 0. The number of ether oxygens (including phenoxy) is 2. The molecule has 1 aromatic rings. The molecule has 0 fully saturated rings. The van der Waals surface area contributed by atoms with Crippen molar-refractivity contribution in [1.82, 2.24) is 5.43 Å². The van der Waals surface area contributed by atoms with E-state index in [0.717, 1.165) is 11.1 Å². The van der Waals surface area contributed by atoms with Gasteiger partial charge in [0.15, 0.2) is 0 Å². The van der Waals surface area contributed by atoms with Crippen molar-refractivity contribution in [2.24, 2.45) is 5.84 Å². The fraction of sp³-hybridized carbons (Fsp3) is 0.571. The van der Waals surface area contributed by atoms with Crippen LogP contribution in [-0.4, -0.2) is 26.9 Å². The van der Waals surface area contributed by atoms with Gasteiger partial charge >= 0.3 is 0 Å². The van der Waals surface area contributed by atoms with Crippen molar-refractivity contribution < 1.29 is 13.9 Å². The lowest BCUT2D eigenvalue weighted by atomic mass is 9.97. The van der Waals surface area contributed by atoms with E-state index in [2.05, 4.69) is 5.43 Å². The number of methoxy groups -OCH3 is 1. The van der Waals surface area contributed by atoms with Crippen LogP contribution in [0, 0.1) is 19.7 Å². The number of rotatable bonds is 8. The molecule has 1 rings (SSSR count). The Hall–Kier alpha value is -1.01. The lowest BCUT2D eigenvalue weighted by molar-refractivity contribution is 0.0656. The Bertz CT molecular complexity index is 376. The molecular formula is C14H23FN2O2. The normalized spacial score (nSPS) is 12.7. The monoisotopic (exact) mass is 270 g/mol. The summed E-state index contributed by atoms with van der Waals surface area (Å²) in [5.41, 5.74) is 5.08. The molecule has 0 radical (unpaired) electrons. The number of nitrogens with two attached hydrogens (primary N) is 1. The molecule has 5 heteroatoms. The molecule has 0 spiro atoms. The Kier molecular flexibility index (Phi) is 6.94. The van der Waals surface area contributed by atoms with Gasteiger partial charge in [-0.1, -0.05) is 6.07 Å². The lowest BCUT2D eigenvalue weighted by Crippen LogP contribution is -2.30. The quantitative estimate of drug-likeness (QED) is 0.431. The third-order valence-electron chi connectivity index (χ3n) is 3.01. The summed E-state index contributed by atoms with van der Waals surface area (Å²) in [5.74, 6) is 5.30. The SMILES string of the molecule is COCCOCCC(NN)c1c(C)cc(C)cc1F. The van der Waals surface area contributed by atoms with Gasteiger partial charge in [-0.2, -0.15) is 0 Å². The Morgan fingerprint density at radius 3 is 2.58 bits per heavy atom. The molecule has 0 amide bonds. The van der Waals surface area contributed by atoms with Crippen LogP contribution in [0.25, 0.3) is 0 Å². The third-order valence-corrected chi connectivity index (χ3v) is 3.01. The maximum absolute atomic E-state index is 14.0. The van der Waals surface area contributed by atoms with Gasteiger partial charge in [0.05, 0.1) is 19.3 Å². The highest BCUT2D eigenvalue weighted by atomic mass is 19.1. The zero-order valence-electron chi connectivity index (χ0n) is 11.8. The number of hydrogen-bond donors (Lipinski definition) is 2. The topological polar surface area (TPSA) is 56.5 Å². The maximum Gasteiger partial charge on any atom is 0.128 e. The second-order valence-corrected chi connectivity index (χ2v) is 4.59. The van der Waals surface area contributed by atoms with E-state index in [1.54, 1.807) is 7.11 Å². The third kappa shape index (κ3) is 4.87. The highest BCUT2D eigenvalue weighted by Gasteiger charge is 2.17. The van der Waals surface area contributed by atoms with Crippen molar-refractivity contribution in [1.29, 1.82) is 0 Å². The summed E-state index contributed by atoms with van der Waals surface area (Å²) in [6.45, 7) is 5.35. The van der Waals surface area contributed by atoms with E-state index in [-0.39, 0.29) is 11.9 Å². The van der Waals surface area contributed by atoms with E-state index >= 15 is 0 Å². The van der Waals surface area contributed by atoms with Crippen molar-refractivity contribution in [2.45, 2.75) is 26.3 Å². The molecule has 0 bridgehead atoms. The Labute approximate surface area is 114 Å². The minimum absolute atomic E-state index is 0.225. The van der Waals surface area contributed by atoms with Gasteiger partial charge in [0.25, 0.3) is 0 Å². The zero-order valence-corrected chi connectivity index (χ0v) is 11.8. The van der Waals surface area contributed by atoms with Crippen LogP contribution in [0.5, 0.6) is 0 Å². The van der Waals surface area contributed by atoms with Crippen LogP contribution in [0.4, 0.5) is 4.39 Å². The lowest BCUT2D eigenvalue weighted by Gasteiger charge is -2.19. The molecule has 1 unspecified atom stereocenters. The summed E-state index contributed by atoms with van der Waals surface area (Å²) in [6, 6.07) is 3.23. The van der Waals surface area contributed by atoms with Gasteiger partial charge in [-0.15, -0.1) is 0 Å². The van der Waals surface area contributed by atoms with Crippen LogP contribution in [-0.2, 0) is 9.47 Å². The molecule has 3 N–H and O–H groups in total. The van der Waals surface area contributed by atoms with Crippen LogP contribution < -0.4 is 11.3 Å². The Balaban J connectivity index is 2.64. The molecule has 19 heavy (non-hydrogen) atoms. The van der Waals surface area contributed by atoms with Crippen molar-refractivity contribution in [3.63, 3.8) is 0 Å². The molecule has 108 valence electrons. The number of halogens is 1. The van der Waals surface area contributed by atoms with E-state index in [4.69, 9.17) is 15.3 Å². The average Bonchev–Trinajstić information content (AvgIpc) is 2.35. The molecule has 1 atom stereocenters. The number of aryl methyl sites for hydroxylation is 2. The Morgan fingerprint density at radius 2 is 2.00 bits per heavy atom. The number of hydrazine groups is 1. The summed E-state index contributed by atoms with van der Waals surface area (Å²) in [4.78, 5) is 0. The smallest absolute Gasteiger partial charge is 0.128 e. The van der Waals surface area contributed by atoms with E-state index in [1.807, 2.05) is 19.9 Å². The van der Waals surface area contributed by atoms with Gasteiger partial charge in [-0.25, -0.2) is 4.39 Å². The fourth-order valence-electron chi connectivity index (χ4n) is 2.12. The molecule has 1 aromatic carbocycles. The summed E-state index contributed by atoms with van der Waals surface area (Å²) in [6.07, 6.45) is 0.612. The van der Waals surface area contributed by atoms with Crippen LogP contribution in [0.3, 0.4) is 0 Å². The van der Waals surface area contributed by atoms with Gasteiger partial charge in [0.1, 0.15) is 5.82 Å². The second kappa shape index (κ2) is 8.22. The van der Waals surface area contributed by atoms with E-state index in [0.29, 0.717) is 31.8 Å². The summed E-state index contributed by atoms with van der Waals surface area (Å²) < 4.78 is 24.3. The van der Waals surface area contributed by atoms with Crippen LogP contribution in [0.1, 0.15) is 29.2 Å². The van der Waals surface area contributed by atoms with Gasteiger partial charge in [0.2, 0.25) is 0 Å². The summed E-state index contributed by atoms with van der Waals surface area (Å²) >= 11 is 0. The number of hydrogen-bond acceptors (Lipinski definition) is 4. The van der Waals surface area contributed by atoms with Crippen LogP contribution in [0.2, 0.25) is 0 Å². The molecule has 0 aromatic heterocycles. The molecule has 0 heterocycles. The second-order valence-electron chi connectivity index (χ2n) is 4.59. The molecule has 0 aliphatic heterocycles. The van der Waals surface area contributed by atoms with E-state index in [1.165, 1.54) is 6.07 Å². The van der Waals surface area contributed by atoms with Gasteiger partial charge in [0, 0.05) is 19.3 Å². The predicted octanol–water partition coefficient (Wildman–Crippen LogP) is 2.00. The van der Waals surface area contributed by atoms with Gasteiger partial charge in [-0.05, 0) is 37.5 Å². The maximum atomic E-state index is 14.0. The summed E-state index contributed by atoms with van der Waals surface area (Å²) in [7, 11) is 1.62. The van der Waals surface area contributed by atoms with Crippen molar-refractivity contribution in [2.75, 3.05) is 26.9 Å². The molecule has 0 saturated carbocycles.